The van der Waals surface area contributed by atoms with Crippen LogP contribution < -0.4 is 4.90 Å². The third kappa shape index (κ3) is 6.37. The smallest absolute Gasteiger partial charge is 0.416 e. The van der Waals surface area contributed by atoms with Gasteiger partial charge in [0.2, 0.25) is 0 Å². The number of anilines is 1. The summed E-state index contributed by atoms with van der Waals surface area (Å²) in [6.07, 6.45) is 3.95. The average Bonchev–Trinajstić information content (AvgIpc) is 3.51. The highest BCUT2D eigenvalue weighted by Crippen LogP contribution is 2.41. The van der Waals surface area contributed by atoms with Gasteiger partial charge in [-0.3, -0.25) is 9.69 Å². The van der Waals surface area contributed by atoms with E-state index in [1.807, 2.05) is 33.0 Å². The summed E-state index contributed by atoms with van der Waals surface area (Å²) in [5, 5.41) is 4.65. The molecule has 2 aromatic rings. The van der Waals surface area contributed by atoms with Crippen molar-refractivity contribution in [3.8, 4) is 0 Å². The summed E-state index contributed by atoms with van der Waals surface area (Å²) in [5.41, 5.74) is 2.02. The number of carbonyl (C=O) groups excluding carboxylic acids is 3. The Labute approximate surface area is 245 Å². The van der Waals surface area contributed by atoms with E-state index >= 15 is 0 Å². The second-order valence-electron chi connectivity index (χ2n) is 12.8. The van der Waals surface area contributed by atoms with Crippen LogP contribution in [0, 0.1) is 0 Å². The number of aromatic nitrogens is 3. The van der Waals surface area contributed by atoms with Crippen molar-refractivity contribution in [2.24, 2.45) is 0 Å². The molecular weight excluding hydrogens is 543 g/mol. The third-order valence-electron chi connectivity index (χ3n) is 7.97. The van der Waals surface area contributed by atoms with Gasteiger partial charge in [-0.15, -0.1) is 0 Å². The van der Waals surface area contributed by atoms with E-state index in [1.165, 1.54) is 4.90 Å². The van der Waals surface area contributed by atoms with Crippen LogP contribution in [0.2, 0.25) is 0 Å². The van der Waals surface area contributed by atoms with E-state index in [0.29, 0.717) is 50.6 Å². The Bertz CT molecular complexity index is 1370. The number of nitrogens with zero attached hydrogens (tertiary/aromatic N) is 6. The molecule has 1 aliphatic carbocycles. The predicted molar refractivity (Wildman–Crippen MR) is 154 cm³/mol. The molecule has 2 saturated heterocycles. The molecule has 3 aliphatic rings. The van der Waals surface area contributed by atoms with Gasteiger partial charge in [0.25, 0.3) is 5.91 Å². The number of hydrogen-bond donors (Lipinski definition) is 0. The quantitative estimate of drug-likeness (QED) is 0.432. The third-order valence-corrected chi connectivity index (χ3v) is 7.97. The number of rotatable bonds is 6. The van der Waals surface area contributed by atoms with Gasteiger partial charge in [-0.05, 0) is 52.4 Å². The largest absolute Gasteiger partial charge is 0.444 e. The van der Waals surface area contributed by atoms with E-state index in [0.717, 1.165) is 29.7 Å². The van der Waals surface area contributed by atoms with Gasteiger partial charge in [0.15, 0.2) is 11.5 Å². The van der Waals surface area contributed by atoms with Crippen LogP contribution in [0.5, 0.6) is 0 Å². The Kier molecular flexibility index (Phi) is 8.17. The second-order valence-corrected chi connectivity index (χ2v) is 12.8. The van der Waals surface area contributed by atoms with Gasteiger partial charge in [0, 0.05) is 55.3 Å². The first-order valence-electron chi connectivity index (χ1n) is 14.8. The lowest BCUT2D eigenvalue weighted by Gasteiger charge is -2.38. The number of fused-ring (bicyclic) bond motifs is 1. The second kappa shape index (κ2) is 11.5. The minimum atomic E-state index is -1.02. The van der Waals surface area contributed by atoms with Crippen LogP contribution in [0.1, 0.15) is 89.8 Å². The van der Waals surface area contributed by atoms with Gasteiger partial charge in [0.05, 0.1) is 12.7 Å². The summed E-state index contributed by atoms with van der Waals surface area (Å²) in [7, 11) is 0. The monoisotopic (exact) mass is 584 g/mol. The molecule has 11 nitrogen and oxygen atoms in total. The van der Waals surface area contributed by atoms with Crippen LogP contribution in [0.25, 0.3) is 5.65 Å². The molecular formula is C30H41FN6O5. The Morgan fingerprint density at radius 3 is 2.33 bits per heavy atom. The number of halogens is 1. The lowest BCUT2D eigenvalue weighted by atomic mass is 10.0. The van der Waals surface area contributed by atoms with E-state index < -0.39 is 35.6 Å². The highest BCUT2D eigenvalue weighted by atomic mass is 19.1. The van der Waals surface area contributed by atoms with Crippen LogP contribution in [0.3, 0.4) is 0 Å². The Balaban J connectivity index is 1.35. The summed E-state index contributed by atoms with van der Waals surface area (Å²) in [6.45, 7) is 14.0. The van der Waals surface area contributed by atoms with Crippen molar-refractivity contribution in [3.05, 3.63) is 35.9 Å². The molecule has 12 heteroatoms. The lowest BCUT2D eigenvalue weighted by molar-refractivity contribution is -0.128. The summed E-state index contributed by atoms with van der Waals surface area (Å²) in [6, 6.07) is 1.72. The minimum absolute atomic E-state index is 0.139. The zero-order valence-electron chi connectivity index (χ0n) is 25.1. The molecule has 0 N–H and O–H groups in total. The van der Waals surface area contributed by atoms with Crippen molar-refractivity contribution in [2.45, 2.75) is 96.3 Å². The summed E-state index contributed by atoms with van der Waals surface area (Å²) in [5.74, 6) is -0.601. The number of carbonyl (C=O) groups is 3. The van der Waals surface area contributed by atoms with Crippen LogP contribution >= 0.6 is 0 Å². The van der Waals surface area contributed by atoms with Crippen molar-refractivity contribution in [3.63, 3.8) is 0 Å². The zero-order chi connectivity index (χ0) is 30.3. The van der Waals surface area contributed by atoms with Gasteiger partial charge in [-0.2, -0.15) is 9.61 Å². The number of piperidine rings is 1. The fraction of sp³-hybridized carbons (Fsp3) is 0.633. The van der Waals surface area contributed by atoms with Crippen LogP contribution in [-0.2, 0) is 14.3 Å². The Hall–Kier alpha value is -3.70. The van der Waals surface area contributed by atoms with E-state index in [9.17, 15) is 18.8 Å². The summed E-state index contributed by atoms with van der Waals surface area (Å²) in [4.78, 5) is 48.2. The van der Waals surface area contributed by atoms with Crippen LogP contribution in [0.15, 0.2) is 24.7 Å². The maximum absolute atomic E-state index is 13.8. The Morgan fingerprint density at radius 1 is 1.07 bits per heavy atom. The van der Waals surface area contributed by atoms with Gasteiger partial charge >= 0.3 is 12.2 Å². The first-order chi connectivity index (χ1) is 19.8. The first kappa shape index (κ1) is 29.8. The number of likely N-dealkylation sites (tertiary alicyclic amines) is 2. The van der Waals surface area contributed by atoms with Gasteiger partial charge in [0.1, 0.15) is 17.5 Å². The zero-order valence-corrected chi connectivity index (χ0v) is 25.1. The molecule has 1 saturated carbocycles. The molecule has 3 amide bonds. The molecule has 4 heterocycles. The number of ether oxygens (including phenoxy) is 2. The molecule has 0 bridgehead atoms. The summed E-state index contributed by atoms with van der Waals surface area (Å²) >= 11 is 0. The van der Waals surface area contributed by atoms with Crippen molar-refractivity contribution >= 4 is 29.6 Å². The fourth-order valence-electron chi connectivity index (χ4n) is 5.59. The van der Waals surface area contributed by atoms with E-state index in [2.05, 4.69) is 25.5 Å². The normalized spacial score (nSPS) is 19.8. The molecule has 0 spiro atoms. The highest BCUT2D eigenvalue weighted by Gasteiger charge is 2.38. The van der Waals surface area contributed by atoms with Crippen LogP contribution in [-0.4, -0.2) is 86.4 Å². The molecule has 0 radical (unpaired) electrons. The van der Waals surface area contributed by atoms with Gasteiger partial charge in [-0.25, -0.2) is 19.0 Å². The first-order valence-corrected chi connectivity index (χ1v) is 14.8. The molecule has 0 aromatic carbocycles. The lowest BCUT2D eigenvalue weighted by Crippen LogP contribution is -2.51. The van der Waals surface area contributed by atoms with Crippen molar-refractivity contribution in [2.75, 3.05) is 31.1 Å². The molecule has 2 aromatic heterocycles. The van der Waals surface area contributed by atoms with Crippen LogP contribution in [0.4, 0.5) is 19.8 Å². The minimum Gasteiger partial charge on any atom is -0.444 e. The number of amides is 3. The molecule has 5 rings (SSSR count). The van der Waals surface area contributed by atoms with Crippen molar-refractivity contribution < 1.29 is 28.2 Å². The maximum Gasteiger partial charge on any atom is 0.416 e. The van der Waals surface area contributed by atoms with Gasteiger partial charge in [-0.1, -0.05) is 20.4 Å². The van der Waals surface area contributed by atoms with Crippen molar-refractivity contribution in [1.82, 2.24) is 24.4 Å². The molecule has 3 fully saturated rings. The van der Waals surface area contributed by atoms with E-state index in [1.54, 1.807) is 14.3 Å². The fourth-order valence-corrected chi connectivity index (χ4v) is 5.59. The average molecular weight is 585 g/mol. The van der Waals surface area contributed by atoms with Crippen molar-refractivity contribution in [1.29, 1.82) is 0 Å². The SMILES string of the molecule is C=C(F)C(=O)N1CCC(OC(=O)N2CCC(N(C(=O)OC(C)(C)C)c3cc(C4CC4)nc4c(C(C)C)cnn34)CC2)C1. The predicted octanol–water partition coefficient (Wildman–Crippen LogP) is 5.16. The number of hydrogen-bond acceptors (Lipinski definition) is 7. The maximum atomic E-state index is 13.8. The Morgan fingerprint density at radius 2 is 1.74 bits per heavy atom. The molecule has 42 heavy (non-hydrogen) atoms. The molecule has 1 unspecified atom stereocenters. The van der Waals surface area contributed by atoms with E-state index in [-0.39, 0.29) is 18.5 Å². The van der Waals surface area contributed by atoms with E-state index in [4.69, 9.17) is 14.5 Å². The summed E-state index contributed by atoms with van der Waals surface area (Å²) < 4.78 is 26.5. The molecule has 2 aliphatic heterocycles. The molecule has 1 atom stereocenters. The van der Waals surface area contributed by atoms with Gasteiger partial charge < -0.3 is 19.3 Å². The topological polar surface area (TPSA) is 110 Å². The standard InChI is InChI=1S/C30H41FN6O5/c1-18(2)23-16-32-37-25(15-24(20-7-8-20)33-26(23)37)36(29(40)42-30(4,5)6)21-9-12-34(13-10-21)28(39)41-22-11-14-35(17-22)27(38)19(3)31/h15-16,18,20-22H,3,7-14,17H2,1-2,4-6H3. The molecule has 228 valence electrons. The highest BCUT2D eigenvalue weighted by molar-refractivity contribution is 5.91.